The fraction of sp³-hybridized carbons (Fsp3) is 0.333. The number of aldehydes is 1. The highest BCUT2D eigenvalue weighted by Gasteiger charge is 2.27. The Morgan fingerprint density at radius 2 is 1.75 bits per heavy atom. The third-order valence-electron chi connectivity index (χ3n) is 6.13. The van der Waals surface area contributed by atoms with Crippen LogP contribution in [0.25, 0.3) is 21.8 Å². The zero-order chi connectivity index (χ0) is 23.1. The van der Waals surface area contributed by atoms with E-state index in [1.807, 2.05) is 32.2 Å². The second kappa shape index (κ2) is 10.8. The first kappa shape index (κ1) is 23.3. The highest BCUT2D eigenvalue weighted by Crippen LogP contribution is 2.40. The molecular formula is C27H33N3O2. The van der Waals surface area contributed by atoms with Crippen LogP contribution < -0.4 is 5.32 Å². The predicted octanol–water partition coefficient (Wildman–Crippen LogP) is 5.54. The molecule has 0 radical (unpaired) electrons. The number of fused-ring (bicyclic) bond motifs is 1. The number of aromatic nitrogens is 2. The van der Waals surface area contributed by atoms with Gasteiger partial charge >= 0.3 is 0 Å². The molecule has 32 heavy (non-hydrogen) atoms. The van der Waals surface area contributed by atoms with E-state index in [2.05, 4.69) is 58.3 Å². The van der Waals surface area contributed by atoms with Gasteiger partial charge in [-0.15, -0.1) is 0 Å². The monoisotopic (exact) mass is 431 g/mol. The van der Waals surface area contributed by atoms with Crippen LogP contribution >= 0.6 is 0 Å². The van der Waals surface area contributed by atoms with E-state index in [1.54, 1.807) is 7.05 Å². The summed E-state index contributed by atoms with van der Waals surface area (Å²) >= 11 is 0. The maximum absolute atomic E-state index is 12.1. The van der Waals surface area contributed by atoms with Gasteiger partial charge in [-0.3, -0.25) is 4.79 Å². The zero-order valence-corrected chi connectivity index (χ0v) is 19.4. The molecule has 1 aliphatic rings. The summed E-state index contributed by atoms with van der Waals surface area (Å²) in [4.78, 5) is 24.5. The standard InChI is InChI=1S/C23H22N2O.C2H5NO.C2H6/c1-15(21(14-26)19-12-24-22-10-3-2-8-17(19)22)20-13-25-11-5-7-16-6-4-9-18(20)23(16)25;1-3-2-4;1-2/h2-4,6,8-10,12-15,21,24H,5,7,11H2,1H3;2H,1H3,(H,3,4);1-2H3. The fourth-order valence-electron chi connectivity index (χ4n) is 4.67. The number of amides is 1. The average molecular weight is 432 g/mol. The lowest BCUT2D eigenvalue weighted by atomic mass is 9.83. The molecule has 0 fully saturated rings. The molecule has 5 nitrogen and oxygen atoms in total. The van der Waals surface area contributed by atoms with Crippen molar-refractivity contribution in [1.29, 1.82) is 0 Å². The molecule has 2 unspecified atom stereocenters. The lowest BCUT2D eigenvalue weighted by Crippen LogP contribution is -2.09. The summed E-state index contributed by atoms with van der Waals surface area (Å²) in [7, 11) is 1.56. The third-order valence-corrected chi connectivity index (χ3v) is 6.13. The fourth-order valence-corrected chi connectivity index (χ4v) is 4.67. The van der Waals surface area contributed by atoms with Gasteiger partial charge in [-0.05, 0) is 41.5 Å². The van der Waals surface area contributed by atoms with Crippen molar-refractivity contribution in [1.82, 2.24) is 14.9 Å². The van der Waals surface area contributed by atoms with E-state index in [0.717, 1.165) is 35.7 Å². The van der Waals surface area contributed by atoms with Crippen molar-refractivity contribution in [3.8, 4) is 0 Å². The van der Waals surface area contributed by atoms with E-state index in [1.165, 1.54) is 28.5 Å². The number of aryl methyl sites for hydroxylation is 2. The number of hydrogen-bond acceptors (Lipinski definition) is 2. The molecule has 3 heterocycles. The van der Waals surface area contributed by atoms with E-state index >= 15 is 0 Å². The third kappa shape index (κ3) is 4.33. The van der Waals surface area contributed by atoms with Crippen LogP contribution in [0, 0.1) is 0 Å². The summed E-state index contributed by atoms with van der Waals surface area (Å²) in [6, 6.07) is 14.8. The van der Waals surface area contributed by atoms with Crippen LogP contribution in [0.1, 0.15) is 55.7 Å². The Hall–Kier alpha value is -3.34. The Balaban J connectivity index is 0.000000437. The normalized spacial score (nSPS) is 13.9. The highest BCUT2D eigenvalue weighted by atomic mass is 16.1. The first-order chi connectivity index (χ1) is 15.7. The molecule has 2 aromatic carbocycles. The first-order valence-corrected chi connectivity index (χ1v) is 11.4. The van der Waals surface area contributed by atoms with Crippen LogP contribution in [-0.2, 0) is 22.6 Å². The molecule has 0 saturated carbocycles. The van der Waals surface area contributed by atoms with Crippen molar-refractivity contribution >= 4 is 34.5 Å². The molecule has 2 aromatic heterocycles. The molecule has 1 aliphatic heterocycles. The molecule has 0 aliphatic carbocycles. The van der Waals surface area contributed by atoms with Crippen molar-refractivity contribution in [3.05, 3.63) is 71.5 Å². The Kier molecular flexibility index (Phi) is 7.87. The number of carbonyl (C=O) groups excluding carboxylic acids is 2. The number of carbonyl (C=O) groups is 2. The zero-order valence-electron chi connectivity index (χ0n) is 19.4. The van der Waals surface area contributed by atoms with Gasteiger partial charge in [-0.2, -0.15) is 0 Å². The van der Waals surface area contributed by atoms with Gasteiger partial charge in [0, 0.05) is 48.2 Å². The smallest absolute Gasteiger partial charge is 0.206 e. The minimum Gasteiger partial charge on any atom is -0.362 e. The number of para-hydroxylation sites is 2. The Morgan fingerprint density at radius 3 is 2.47 bits per heavy atom. The summed E-state index contributed by atoms with van der Waals surface area (Å²) in [6.45, 7) is 7.25. The predicted molar refractivity (Wildman–Crippen MR) is 132 cm³/mol. The van der Waals surface area contributed by atoms with Gasteiger partial charge in [0.2, 0.25) is 6.41 Å². The second-order valence-electron chi connectivity index (χ2n) is 7.84. The Morgan fingerprint density at radius 1 is 1.03 bits per heavy atom. The number of H-pyrrole nitrogens is 1. The summed E-state index contributed by atoms with van der Waals surface area (Å²) in [5.41, 5.74) is 6.26. The van der Waals surface area contributed by atoms with Gasteiger partial charge < -0.3 is 19.7 Å². The van der Waals surface area contributed by atoms with Gasteiger partial charge in [0.25, 0.3) is 0 Å². The number of hydrogen-bond donors (Lipinski definition) is 2. The van der Waals surface area contributed by atoms with Crippen molar-refractivity contribution in [2.45, 2.75) is 52.0 Å². The molecule has 5 heteroatoms. The number of nitrogens with zero attached hydrogens (tertiary/aromatic N) is 1. The van der Waals surface area contributed by atoms with Crippen LogP contribution in [0.15, 0.2) is 54.9 Å². The molecule has 0 bridgehead atoms. The topological polar surface area (TPSA) is 66.9 Å². The summed E-state index contributed by atoms with van der Waals surface area (Å²) in [5, 5.41) is 4.70. The molecule has 2 N–H and O–H groups in total. The van der Waals surface area contributed by atoms with E-state index < -0.39 is 0 Å². The summed E-state index contributed by atoms with van der Waals surface area (Å²) in [5.74, 6) is -0.0292. The maximum Gasteiger partial charge on any atom is 0.206 e. The lowest BCUT2D eigenvalue weighted by Gasteiger charge is -2.18. The van der Waals surface area contributed by atoms with Crippen molar-refractivity contribution < 1.29 is 9.59 Å². The van der Waals surface area contributed by atoms with Crippen LogP contribution in [0.5, 0.6) is 0 Å². The average Bonchev–Trinajstić information content (AvgIpc) is 3.45. The van der Waals surface area contributed by atoms with Crippen molar-refractivity contribution in [3.63, 3.8) is 0 Å². The van der Waals surface area contributed by atoms with Crippen LogP contribution in [0.4, 0.5) is 0 Å². The molecule has 4 aromatic rings. The molecule has 0 spiro atoms. The maximum atomic E-state index is 12.1. The minimum absolute atomic E-state index is 0.129. The number of aromatic amines is 1. The Bertz CT molecular complexity index is 1190. The van der Waals surface area contributed by atoms with Gasteiger partial charge in [0.05, 0.1) is 5.52 Å². The molecular weight excluding hydrogens is 398 g/mol. The summed E-state index contributed by atoms with van der Waals surface area (Å²) < 4.78 is 2.39. The molecule has 1 amide bonds. The van der Waals surface area contributed by atoms with Crippen LogP contribution in [-0.4, -0.2) is 29.3 Å². The van der Waals surface area contributed by atoms with Crippen LogP contribution in [0.2, 0.25) is 0 Å². The van der Waals surface area contributed by atoms with Gasteiger partial charge in [0.1, 0.15) is 6.29 Å². The SMILES string of the molecule is CC.CC(c1cn2c3c(cccc13)CCC2)C(C=O)c1c[nH]c2ccccc12.CNC=O. The van der Waals surface area contributed by atoms with Crippen molar-refractivity contribution in [2.24, 2.45) is 0 Å². The Labute approximate surface area is 189 Å². The molecule has 2 atom stereocenters. The second-order valence-corrected chi connectivity index (χ2v) is 7.84. The summed E-state index contributed by atoms with van der Waals surface area (Å²) in [6.07, 6.45) is 8.36. The van der Waals surface area contributed by atoms with Gasteiger partial charge in [-0.25, -0.2) is 0 Å². The highest BCUT2D eigenvalue weighted by molar-refractivity contribution is 5.90. The number of rotatable bonds is 5. The lowest BCUT2D eigenvalue weighted by molar-refractivity contribution is -0.110. The van der Waals surface area contributed by atoms with E-state index in [9.17, 15) is 4.79 Å². The van der Waals surface area contributed by atoms with E-state index in [4.69, 9.17) is 4.79 Å². The quantitative estimate of drug-likeness (QED) is 0.407. The first-order valence-electron chi connectivity index (χ1n) is 11.4. The van der Waals surface area contributed by atoms with E-state index in [-0.39, 0.29) is 11.8 Å². The molecule has 168 valence electrons. The number of nitrogens with one attached hydrogen (secondary N) is 2. The van der Waals surface area contributed by atoms with Crippen LogP contribution in [0.3, 0.4) is 0 Å². The van der Waals surface area contributed by atoms with E-state index in [0.29, 0.717) is 6.41 Å². The number of benzene rings is 2. The minimum atomic E-state index is -0.158. The van der Waals surface area contributed by atoms with Gasteiger partial charge in [0.15, 0.2) is 0 Å². The molecule has 5 rings (SSSR count). The van der Waals surface area contributed by atoms with Crippen molar-refractivity contribution in [2.75, 3.05) is 7.05 Å². The van der Waals surface area contributed by atoms with Gasteiger partial charge in [-0.1, -0.05) is 57.2 Å². The molecule has 0 saturated heterocycles. The largest absolute Gasteiger partial charge is 0.362 e.